The second-order valence-electron chi connectivity index (χ2n) is 4.75. The molecule has 0 heterocycles. The van der Waals surface area contributed by atoms with E-state index >= 15 is 0 Å². The smallest absolute Gasteiger partial charge is 0.339 e. The molecule has 2 N–H and O–H groups in total. The topological polar surface area (TPSA) is 52.3 Å². The van der Waals surface area contributed by atoms with Gasteiger partial charge in [0.2, 0.25) is 0 Å². The lowest BCUT2D eigenvalue weighted by atomic mass is 10.0. The highest BCUT2D eigenvalue weighted by Gasteiger charge is 2.22. The van der Waals surface area contributed by atoms with Gasteiger partial charge in [-0.3, -0.25) is 0 Å². The molecule has 0 aliphatic heterocycles. The number of halogens is 1. The number of hydrogen-bond acceptors (Lipinski definition) is 4. The first kappa shape index (κ1) is 14.5. The first-order valence-corrected chi connectivity index (χ1v) is 7.71. The first-order valence-electron chi connectivity index (χ1n) is 6.46. The molecule has 0 radical (unpaired) electrons. The summed E-state index contributed by atoms with van der Waals surface area (Å²) in [4.78, 5) is 12.6. The Morgan fingerprint density at radius 3 is 2.68 bits per heavy atom. The summed E-state index contributed by atoms with van der Waals surface area (Å²) in [5.41, 5.74) is 6.71. The molecule has 1 aromatic carbocycles. The Hall–Kier alpha value is -0.870. The van der Waals surface area contributed by atoms with E-state index in [0.717, 1.165) is 4.90 Å². The highest BCUT2D eigenvalue weighted by atomic mass is 35.5. The van der Waals surface area contributed by atoms with Crippen LogP contribution in [0.3, 0.4) is 0 Å². The van der Waals surface area contributed by atoms with Crippen molar-refractivity contribution in [1.29, 1.82) is 0 Å². The molecule has 0 atom stereocenters. The number of methoxy groups -OCH3 is 1. The van der Waals surface area contributed by atoms with Crippen molar-refractivity contribution in [3.8, 4) is 0 Å². The van der Waals surface area contributed by atoms with Crippen LogP contribution >= 0.6 is 23.4 Å². The summed E-state index contributed by atoms with van der Waals surface area (Å²) < 4.78 is 4.81. The number of nitrogens with two attached hydrogens (primary N) is 1. The Bertz CT molecular complexity index is 473. The number of rotatable bonds is 3. The van der Waals surface area contributed by atoms with E-state index in [4.69, 9.17) is 22.1 Å². The summed E-state index contributed by atoms with van der Waals surface area (Å²) >= 11 is 7.93. The van der Waals surface area contributed by atoms with E-state index in [1.54, 1.807) is 23.9 Å². The molecule has 0 saturated heterocycles. The van der Waals surface area contributed by atoms with Gasteiger partial charge in [-0.1, -0.05) is 30.9 Å². The monoisotopic (exact) mass is 299 g/mol. The third kappa shape index (κ3) is 3.57. The summed E-state index contributed by atoms with van der Waals surface area (Å²) in [6, 6.07) is 3.34. The van der Waals surface area contributed by atoms with Gasteiger partial charge >= 0.3 is 5.97 Å². The van der Waals surface area contributed by atoms with E-state index in [1.165, 1.54) is 39.2 Å². The number of carbonyl (C=O) groups is 1. The van der Waals surface area contributed by atoms with E-state index in [0.29, 0.717) is 21.5 Å². The van der Waals surface area contributed by atoms with Crippen LogP contribution in [0.15, 0.2) is 17.0 Å². The number of nitrogen functional groups attached to an aromatic ring is 1. The third-order valence-electron chi connectivity index (χ3n) is 3.31. The number of esters is 1. The van der Waals surface area contributed by atoms with Crippen LogP contribution in [0.1, 0.15) is 42.5 Å². The van der Waals surface area contributed by atoms with E-state index < -0.39 is 0 Å². The lowest BCUT2D eigenvalue weighted by Crippen LogP contribution is -2.11. The molecule has 1 aliphatic rings. The van der Waals surface area contributed by atoms with Crippen molar-refractivity contribution in [2.24, 2.45) is 0 Å². The molecule has 1 aliphatic carbocycles. The Balaban J connectivity index is 2.28. The van der Waals surface area contributed by atoms with Crippen molar-refractivity contribution in [3.63, 3.8) is 0 Å². The summed E-state index contributed by atoms with van der Waals surface area (Å²) in [7, 11) is 1.37. The van der Waals surface area contributed by atoms with Crippen LogP contribution in [0, 0.1) is 0 Å². The minimum Gasteiger partial charge on any atom is -0.465 e. The highest BCUT2D eigenvalue weighted by molar-refractivity contribution is 8.00. The fourth-order valence-electron chi connectivity index (χ4n) is 2.35. The lowest BCUT2D eigenvalue weighted by Gasteiger charge is -2.22. The molecule has 1 saturated carbocycles. The molecule has 5 heteroatoms. The summed E-state index contributed by atoms with van der Waals surface area (Å²) in [6.07, 6.45) is 6.14. The van der Waals surface area contributed by atoms with Gasteiger partial charge in [0, 0.05) is 15.8 Å². The molecule has 2 rings (SSSR count). The van der Waals surface area contributed by atoms with Crippen molar-refractivity contribution in [3.05, 3.63) is 22.7 Å². The van der Waals surface area contributed by atoms with Crippen LogP contribution in [0.25, 0.3) is 0 Å². The molecule has 1 fully saturated rings. The number of carbonyl (C=O) groups excluding carboxylic acids is 1. The molecule has 0 aromatic heterocycles. The van der Waals surface area contributed by atoms with Crippen LogP contribution in [0.4, 0.5) is 5.69 Å². The predicted octanol–water partition coefficient (Wildman–Crippen LogP) is 4.13. The maximum Gasteiger partial charge on any atom is 0.339 e. The van der Waals surface area contributed by atoms with Crippen LogP contribution < -0.4 is 5.73 Å². The Kier molecular flexibility index (Phi) is 4.99. The van der Waals surface area contributed by atoms with Crippen LogP contribution in [-0.4, -0.2) is 18.3 Å². The van der Waals surface area contributed by atoms with Gasteiger partial charge in [0.15, 0.2) is 0 Å². The van der Waals surface area contributed by atoms with Gasteiger partial charge in [0.25, 0.3) is 0 Å². The van der Waals surface area contributed by atoms with Crippen LogP contribution in [0.5, 0.6) is 0 Å². The number of ether oxygens (including phenoxy) is 1. The van der Waals surface area contributed by atoms with E-state index in [-0.39, 0.29) is 5.97 Å². The van der Waals surface area contributed by atoms with Crippen LogP contribution in [0.2, 0.25) is 5.02 Å². The van der Waals surface area contributed by atoms with Crippen molar-refractivity contribution < 1.29 is 9.53 Å². The summed E-state index contributed by atoms with van der Waals surface area (Å²) in [6.45, 7) is 0. The number of hydrogen-bond donors (Lipinski definition) is 1. The molecule has 0 spiro atoms. The van der Waals surface area contributed by atoms with Gasteiger partial charge in [0.1, 0.15) is 0 Å². The molecule has 3 nitrogen and oxygen atoms in total. The van der Waals surface area contributed by atoms with Gasteiger partial charge in [-0.2, -0.15) is 0 Å². The molecule has 19 heavy (non-hydrogen) atoms. The zero-order chi connectivity index (χ0) is 13.8. The fraction of sp³-hybridized carbons (Fsp3) is 0.500. The van der Waals surface area contributed by atoms with E-state index in [2.05, 4.69) is 0 Å². The molecular formula is C14H18ClNO2S. The molecule has 0 bridgehead atoms. The largest absolute Gasteiger partial charge is 0.465 e. The van der Waals surface area contributed by atoms with Gasteiger partial charge in [-0.05, 0) is 25.0 Å². The van der Waals surface area contributed by atoms with Crippen molar-refractivity contribution in [2.45, 2.75) is 42.2 Å². The Labute approximate surface area is 122 Å². The maximum atomic E-state index is 11.8. The zero-order valence-corrected chi connectivity index (χ0v) is 12.5. The molecule has 104 valence electrons. The number of benzene rings is 1. The average Bonchev–Trinajstić information content (AvgIpc) is 2.42. The second-order valence-corrected chi connectivity index (χ2v) is 6.47. The van der Waals surface area contributed by atoms with Gasteiger partial charge in [-0.25, -0.2) is 4.79 Å². The third-order valence-corrected chi connectivity index (χ3v) is 5.20. The van der Waals surface area contributed by atoms with E-state index in [9.17, 15) is 4.79 Å². The standard InChI is InChI=1S/C14H18ClNO2S/c1-18-14(17)11-7-9(16)8-12(15)13(11)19-10-5-3-2-4-6-10/h7-8,10H,2-6,16H2,1H3. The summed E-state index contributed by atoms with van der Waals surface area (Å²) in [5, 5.41) is 1.06. The van der Waals surface area contributed by atoms with Crippen LogP contribution in [-0.2, 0) is 4.74 Å². The van der Waals surface area contributed by atoms with Gasteiger partial charge in [-0.15, -0.1) is 11.8 Å². The van der Waals surface area contributed by atoms with E-state index in [1.807, 2.05) is 0 Å². The quantitative estimate of drug-likeness (QED) is 0.673. The maximum absolute atomic E-state index is 11.8. The predicted molar refractivity (Wildman–Crippen MR) is 79.9 cm³/mol. The minimum atomic E-state index is -0.382. The summed E-state index contributed by atoms with van der Waals surface area (Å²) in [5.74, 6) is -0.382. The second kappa shape index (κ2) is 6.53. The fourth-order valence-corrected chi connectivity index (χ4v) is 4.05. The normalized spacial score (nSPS) is 16.3. The van der Waals surface area contributed by atoms with Gasteiger partial charge < -0.3 is 10.5 Å². The van der Waals surface area contributed by atoms with Crippen molar-refractivity contribution >= 4 is 35.0 Å². The number of anilines is 1. The SMILES string of the molecule is COC(=O)c1cc(N)cc(Cl)c1SC1CCCCC1. The Morgan fingerprint density at radius 1 is 1.37 bits per heavy atom. The highest BCUT2D eigenvalue weighted by Crippen LogP contribution is 2.40. The lowest BCUT2D eigenvalue weighted by molar-refractivity contribution is 0.0597. The Morgan fingerprint density at radius 2 is 2.05 bits per heavy atom. The zero-order valence-electron chi connectivity index (χ0n) is 10.9. The molecule has 0 unspecified atom stereocenters. The van der Waals surface area contributed by atoms with Crippen molar-refractivity contribution in [2.75, 3.05) is 12.8 Å². The first-order chi connectivity index (χ1) is 9.11. The molecular weight excluding hydrogens is 282 g/mol. The average molecular weight is 300 g/mol. The number of thioether (sulfide) groups is 1. The van der Waals surface area contributed by atoms with Crippen molar-refractivity contribution in [1.82, 2.24) is 0 Å². The minimum absolute atomic E-state index is 0.382. The molecule has 1 aromatic rings. The van der Waals surface area contributed by atoms with Gasteiger partial charge in [0.05, 0.1) is 17.7 Å². The molecule has 0 amide bonds.